The van der Waals surface area contributed by atoms with E-state index in [2.05, 4.69) is 16.4 Å². The molecule has 3 aromatic rings. The van der Waals surface area contributed by atoms with Gasteiger partial charge in [0.05, 0.1) is 17.3 Å². The maximum atomic E-state index is 12.7. The van der Waals surface area contributed by atoms with Crippen molar-refractivity contribution in [1.82, 2.24) is 9.55 Å². The van der Waals surface area contributed by atoms with Crippen molar-refractivity contribution >= 4 is 43.8 Å². The third-order valence-electron chi connectivity index (χ3n) is 5.27. The number of aromatic nitrogens is 2. The molecule has 0 spiro atoms. The summed E-state index contributed by atoms with van der Waals surface area (Å²) in [7, 11) is 0. The second-order valence-corrected chi connectivity index (χ2v) is 9.34. The lowest BCUT2D eigenvalue weighted by Gasteiger charge is -2.09. The van der Waals surface area contributed by atoms with Crippen LogP contribution in [0.5, 0.6) is 0 Å². The highest BCUT2D eigenvalue weighted by Gasteiger charge is 2.22. The van der Waals surface area contributed by atoms with Crippen LogP contribution in [0.15, 0.2) is 11.1 Å². The van der Waals surface area contributed by atoms with Crippen LogP contribution in [-0.2, 0) is 24.2 Å². The minimum absolute atomic E-state index is 0.107. The van der Waals surface area contributed by atoms with Crippen molar-refractivity contribution in [1.29, 1.82) is 5.26 Å². The van der Waals surface area contributed by atoms with Crippen LogP contribution in [0.4, 0.5) is 5.00 Å². The van der Waals surface area contributed by atoms with Crippen LogP contribution < -0.4 is 10.9 Å². The van der Waals surface area contributed by atoms with Crippen molar-refractivity contribution in [2.24, 2.45) is 0 Å². The first-order valence-electron chi connectivity index (χ1n) is 9.29. The fraction of sp³-hybridized carbons (Fsp3) is 0.400. The average Bonchev–Trinajstić information content (AvgIpc) is 3.18. The number of amides is 1. The summed E-state index contributed by atoms with van der Waals surface area (Å²) in [5.74, 6) is -0.194. The number of carbonyl (C=O) groups excluding carboxylic acids is 1. The molecule has 1 N–H and O–H groups in total. The Kier molecular flexibility index (Phi) is 5.04. The number of nitriles is 1. The third kappa shape index (κ3) is 3.25. The van der Waals surface area contributed by atoms with Crippen LogP contribution in [0.2, 0.25) is 0 Å². The lowest BCUT2D eigenvalue weighted by Crippen LogP contribution is -2.23. The molecule has 144 valence electrons. The van der Waals surface area contributed by atoms with Gasteiger partial charge in [-0.3, -0.25) is 14.2 Å². The van der Waals surface area contributed by atoms with Crippen molar-refractivity contribution in [2.45, 2.75) is 52.5 Å². The van der Waals surface area contributed by atoms with E-state index in [9.17, 15) is 14.9 Å². The quantitative estimate of drug-likeness (QED) is 0.704. The third-order valence-corrected chi connectivity index (χ3v) is 7.59. The first kappa shape index (κ1) is 18.8. The number of hydrogen-bond acceptors (Lipinski definition) is 6. The van der Waals surface area contributed by atoms with Gasteiger partial charge in [-0.15, -0.1) is 22.7 Å². The van der Waals surface area contributed by atoms with E-state index in [0.717, 1.165) is 46.5 Å². The molecule has 0 unspecified atom stereocenters. The SMILES string of the molecule is Cc1sc2ncn(CCC(=O)Nc3sc4c(c3C#N)CCCC4)c(=O)c2c1C. The summed E-state index contributed by atoms with van der Waals surface area (Å²) in [5.41, 5.74) is 2.56. The molecule has 0 bridgehead atoms. The summed E-state index contributed by atoms with van der Waals surface area (Å²) in [4.78, 5) is 32.6. The Hall–Kier alpha value is -2.50. The number of hydrogen-bond donors (Lipinski definition) is 1. The smallest absolute Gasteiger partial charge is 0.262 e. The molecule has 0 saturated heterocycles. The molecule has 0 aromatic carbocycles. The second kappa shape index (κ2) is 7.49. The summed E-state index contributed by atoms with van der Waals surface area (Å²) >= 11 is 3.02. The van der Waals surface area contributed by atoms with Gasteiger partial charge in [-0.1, -0.05) is 0 Å². The fourth-order valence-electron chi connectivity index (χ4n) is 3.61. The summed E-state index contributed by atoms with van der Waals surface area (Å²) in [6, 6.07) is 2.25. The minimum atomic E-state index is -0.194. The zero-order valence-corrected chi connectivity index (χ0v) is 17.4. The van der Waals surface area contributed by atoms with Gasteiger partial charge >= 0.3 is 0 Å². The van der Waals surface area contributed by atoms with Crippen LogP contribution >= 0.6 is 22.7 Å². The molecule has 3 heterocycles. The topological polar surface area (TPSA) is 87.8 Å². The normalized spacial score (nSPS) is 13.3. The van der Waals surface area contributed by atoms with Gasteiger partial charge in [0, 0.05) is 22.7 Å². The van der Waals surface area contributed by atoms with Crippen molar-refractivity contribution in [3.05, 3.63) is 43.1 Å². The zero-order valence-electron chi connectivity index (χ0n) is 15.8. The first-order chi connectivity index (χ1) is 13.5. The number of nitrogens with one attached hydrogen (secondary N) is 1. The molecule has 1 aliphatic carbocycles. The fourth-order valence-corrected chi connectivity index (χ4v) is 5.86. The van der Waals surface area contributed by atoms with Crippen molar-refractivity contribution in [3.63, 3.8) is 0 Å². The van der Waals surface area contributed by atoms with E-state index in [-0.39, 0.29) is 24.4 Å². The Balaban J connectivity index is 1.50. The number of nitrogens with zero attached hydrogens (tertiary/aromatic N) is 3. The van der Waals surface area contributed by atoms with Gasteiger partial charge in [-0.2, -0.15) is 5.26 Å². The Morgan fingerprint density at radius 3 is 2.89 bits per heavy atom. The Bertz CT molecular complexity index is 1180. The molecule has 0 atom stereocenters. The van der Waals surface area contributed by atoms with E-state index in [4.69, 9.17) is 0 Å². The number of rotatable bonds is 4. The second-order valence-electron chi connectivity index (χ2n) is 7.03. The largest absolute Gasteiger partial charge is 0.317 e. The van der Waals surface area contributed by atoms with Gasteiger partial charge in [-0.25, -0.2) is 4.98 Å². The molecular formula is C20H20N4O2S2. The molecule has 0 fully saturated rings. The lowest BCUT2D eigenvalue weighted by molar-refractivity contribution is -0.116. The van der Waals surface area contributed by atoms with Crippen molar-refractivity contribution in [2.75, 3.05) is 5.32 Å². The van der Waals surface area contributed by atoms with Crippen LogP contribution in [0.25, 0.3) is 10.2 Å². The van der Waals surface area contributed by atoms with Crippen LogP contribution in [-0.4, -0.2) is 15.5 Å². The number of thiophene rings is 2. The maximum absolute atomic E-state index is 12.7. The predicted octanol–water partition coefficient (Wildman–Crippen LogP) is 3.92. The van der Waals surface area contributed by atoms with E-state index in [1.54, 1.807) is 0 Å². The molecule has 1 aliphatic rings. The van der Waals surface area contributed by atoms with Crippen molar-refractivity contribution in [3.8, 4) is 6.07 Å². The average molecular weight is 413 g/mol. The molecule has 4 rings (SSSR count). The standard InChI is InChI=1S/C20H20N4O2S2/c1-11-12(2)27-19-17(11)20(26)24(10-22-19)8-7-16(25)23-18-14(9-21)13-5-3-4-6-15(13)28-18/h10H,3-8H2,1-2H3,(H,23,25). The molecule has 0 radical (unpaired) electrons. The highest BCUT2D eigenvalue weighted by Crippen LogP contribution is 2.37. The van der Waals surface area contributed by atoms with Crippen LogP contribution in [0.3, 0.4) is 0 Å². The molecule has 0 saturated carbocycles. The molecular weight excluding hydrogens is 392 g/mol. The maximum Gasteiger partial charge on any atom is 0.262 e. The molecule has 28 heavy (non-hydrogen) atoms. The Morgan fingerprint density at radius 1 is 1.32 bits per heavy atom. The van der Waals surface area contributed by atoms with E-state index in [1.165, 1.54) is 38.4 Å². The van der Waals surface area contributed by atoms with Crippen LogP contribution in [0.1, 0.15) is 45.7 Å². The van der Waals surface area contributed by atoms with Crippen molar-refractivity contribution < 1.29 is 4.79 Å². The summed E-state index contributed by atoms with van der Waals surface area (Å²) in [6.45, 7) is 4.16. The summed E-state index contributed by atoms with van der Waals surface area (Å²) < 4.78 is 1.49. The Morgan fingerprint density at radius 2 is 2.11 bits per heavy atom. The predicted molar refractivity (Wildman–Crippen MR) is 112 cm³/mol. The van der Waals surface area contributed by atoms with E-state index < -0.39 is 0 Å². The highest BCUT2D eigenvalue weighted by atomic mass is 32.1. The van der Waals surface area contributed by atoms with Gasteiger partial charge in [-0.05, 0) is 50.7 Å². The highest BCUT2D eigenvalue weighted by molar-refractivity contribution is 7.18. The first-order valence-corrected chi connectivity index (χ1v) is 10.9. The molecule has 1 amide bonds. The molecule has 8 heteroatoms. The van der Waals surface area contributed by atoms with Gasteiger partial charge in [0.2, 0.25) is 5.91 Å². The van der Waals surface area contributed by atoms with Gasteiger partial charge in [0.15, 0.2) is 0 Å². The van der Waals surface area contributed by atoms with Gasteiger partial charge < -0.3 is 5.32 Å². The van der Waals surface area contributed by atoms with E-state index >= 15 is 0 Å². The molecule has 3 aromatic heterocycles. The van der Waals surface area contributed by atoms with E-state index in [1.807, 2.05) is 13.8 Å². The minimum Gasteiger partial charge on any atom is -0.317 e. The summed E-state index contributed by atoms with van der Waals surface area (Å²) in [5, 5.41) is 13.7. The zero-order chi connectivity index (χ0) is 19.8. The van der Waals surface area contributed by atoms with Crippen LogP contribution in [0, 0.1) is 25.2 Å². The molecule has 6 nitrogen and oxygen atoms in total. The monoisotopic (exact) mass is 412 g/mol. The number of fused-ring (bicyclic) bond motifs is 2. The molecule has 0 aliphatic heterocycles. The van der Waals surface area contributed by atoms with E-state index in [0.29, 0.717) is 16.0 Å². The van der Waals surface area contributed by atoms with Gasteiger partial charge in [0.1, 0.15) is 15.9 Å². The van der Waals surface area contributed by atoms with Gasteiger partial charge in [0.25, 0.3) is 5.56 Å². The number of anilines is 1. The lowest BCUT2D eigenvalue weighted by atomic mass is 9.96. The Labute approximate surface area is 170 Å². The summed E-state index contributed by atoms with van der Waals surface area (Å²) in [6.07, 6.45) is 5.77. The number of carbonyl (C=O) groups is 1. The number of aryl methyl sites for hydroxylation is 4.